The first kappa shape index (κ1) is 13.2. The Morgan fingerprint density at radius 3 is 2.62 bits per heavy atom. The normalized spacial score (nSPS) is 10.3. The second-order valence-electron chi connectivity index (χ2n) is 3.66. The number of likely N-dealkylation sites (N-methyl/N-ethyl adjacent to an activating group) is 1. The van der Waals surface area contributed by atoms with Gasteiger partial charge in [-0.3, -0.25) is 4.79 Å². The molecule has 0 saturated carbocycles. The van der Waals surface area contributed by atoms with Gasteiger partial charge in [0.1, 0.15) is 5.75 Å². The lowest BCUT2D eigenvalue weighted by atomic mass is 9.99. The highest BCUT2D eigenvalue weighted by Gasteiger charge is 2.18. The first-order chi connectivity index (χ1) is 7.52. The van der Waals surface area contributed by atoms with Gasteiger partial charge in [-0.05, 0) is 54.0 Å². The van der Waals surface area contributed by atoms with Crippen LogP contribution >= 0.6 is 15.9 Å². The number of benzene rings is 1. The average molecular weight is 286 g/mol. The number of rotatable bonds is 4. The Morgan fingerprint density at radius 1 is 1.50 bits per heavy atom. The number of hydrogen-bond donors (Lipinski definition) is 1. The van der Waals surface area contributed by atoms with Crippen LogP contribution in [0, 0.1) is 13.8 Å². The van der Waals surface area contributed by atoms with Crippen molar-refractivity contribution in [3.63, 3.8) is 0 Å². The predicted molar refractivity (Wildman–Crippen MR) is 68.4 cm³/mol. The van der Waals surface area contributed by atoms with E-state index in [1.54, 1.807) is 14.2 Å². The van der Waals surface area contributed by atoms with Gasteiger partial charge in [-0.1, -0.05) is 0 Å². The van der Waals surface area contributed by atoms with Crippen molar-refractivity contribution in [1.29, 1.82) is 0 Å². The van der Waals surface area contributed by atoms with Crippen LogP contribution in [0.25, 0.3) is 0 Å². The SMILES string of the molecule is CNCC(=O)c1c(C)c(C)cc(Br)c1OC. The molecule has 88 valence electrons. The molecule has 1 rings (SSSR count). The molecule has 0 atom stereocenters. The molecule has 0 aliphatic heterocycles. The third kappa shape index (κ3) is 2.44. The van der Waals surface area contributed by atoms with Crippen LogP contribution in [0.1, 0.15) is 21.5 Å². The highest BCUT2D eigenvalue weighted by molar-refractivity contribution is 9.10. The Bertz CT molecular complexity index is 416. The molecule has 1 aromatic rings. The van der Waals surface area contributed by atoms with Crippen LogP contribution in [0.15, 0.2) is 10.5 Å². The fourth-order valence-electron chi connectivity index (χ4n) is 1.64. The zero-order valence-electron chi connectivity index (χ0n) is 9.98. The van der Waals surface area contributed by atoms with E-state index in [0.717, 1.165) is 15.6 Å². The van der Waals surface area contributed by atoms with Crippen molar-refractivity contribution in [2.45, 2.75) is 13.8 Å². The molecule has 0 radical (unpaired) electrons. The van der Waals surface area contributed by atoms with Gasteiger partial charge in [0.05, 0.1) is 23.7 Å². The number of ether oxygens (including phenoxy) is 1. The van der Waals surface area contributed by atoms with E-state index in [2.05, 4.69) is 21.2 Å². The smallest absolute Gasteiger partial charge is 0.180 e. The lowest BCUT2D eigenvalue weighted by Crippen LogP contribution is -2.20. The van der Waals surface area contributed by atoms with Gasteiger partial charge in [-0.2, -0.15) is 0 Å². The Kier molecular flexibility index (Phi) is 4.50. The highest BCUT2D eigenvalue weighted by Crippen LogP contribution is 2.33. The Hall–Kier alpha value is -0.870. The maximum atomic E-state index is 12.0. The van der Waals surface area contributed by atoms with Crippen molar-refractivity contribution >= 4 is 21.7 Å². The van der Waals surface area contributed by atoms with Crippen LogP contribution in [-0.4, -0.2) is 26.5 Å². The van der Waals surface area contributed by atoms with E-state index in [1.165, 1.54) is 0 Å². The van der Waals surface area contributed by atoms with Crippen molar-refractivity contribution < 1.29 is 9.53 Å². The molecule has 3 nitrogen and oxygen atoms in total. The summed E-state index contributed by atoms with van der Waals surface area (Å²) in [5, 5.41) is 2.86. The fraction of sp³-hybridized carbons (Fsp3) is 0.417. The molecule has 0 spiro atoms. The van der Waals surface area contributed by atoms with Crippen molar-refractivity contribution in [2.75, 3.05) is 20.7 Å². The molecular weight excluding hydrogens is 270 g/mol. The van der Waals surface area contributed by atoms with Gasteiger partial charge in [0, 0.05) is 0 Å². The maximum Gasteiger partial charge on any atom is 0.180 e. The van der Waals surface area contributed by atoms with Crippen molar-refractivity contribution in [2.24, 2.45) is 0 Å². The van der Waals surface area contributed by atoms with Gasteiger partial charge in [0.25, 0.3) is 0 Å². The number of Topliss-reactive ketones (excluding diaryl/α,β-unsaturated/α-hetero) is 1. The van der Waals surface area contributed by atoms with Crippen LogP contribution in [-0.2, 0) is 0 Å². The van der Waals surface area contributed by atoms with E-state index < -0.39 is 0 Å². The summed E-state index contributed by atoms with van der Waals surface area (Å²) < 4.78 is 6.10. The van der Waals surface area contributed by atoms with Gasteiger partial charge in [0.15, 0.2) is 5.78 Å². The molecule has 4 heteroatoms. The second-order valence-corrected chi connectivity index (χ2v) is 4.52. The summed E-state index contributed by atoms with van der Waals surface area (Å²) in [5.41, 5.74) is 2.70. The largest absolute Gasteiger partial charge is 0.495 e. The number of carbonyl (C=O) groups is 1. The molecule has 0 amide bonds. The number of methoxy groups -OCH3 is 1. The molecule has 16 heavy (non-hydrogen) atoms. The number of aryl methyl sites for hydroxylation is 1. The van der Waals surface area contributed by atoms with E-state index in [0.29, 0.717) is 17.9 Å². The molecule has 0 fully saturated rings. The van der Waals surface area contributed by atoms with Crippen LogP contribution in [0.2, 0.25) is 0 Å². The first-order valence-electron chi connectivity index (χ1n) is 5.04. The van der Waals surface area contributed by atoms with Gasteiger partial charge >= 0.3 is 0 Å². The zero-order valence-corrected chi connectivity index (χ0v) is 11.6. The topological polar surface area (TPSA) is 38.3 Å². The van der Waals surface area contributed by atoms with Gasteiger partial charge in [0.2, 0.25) is 0 Å². The third-order valence-corrected chi connectivity index (χ3v) is 3.16. The molecule has 1 N–H and O–H groups in total. The van der Waals surface area contributed by atoms with Crippen LogP contribution in [0.5, 0.6) is 5.75 Å². The third-order valence-electron chi connectivity index (χ3n) is 2.57. The highest BCUT2D eigenvalue weighted by atomic mass is 79.9. The quantitative estimate of drug-likeness (QED) is 0.864. The van der Waals surface area contributed by atoms with Crippen molar-refractivity contribution in [3.8, 4) is 5.75 Å². The minimum Gasteiger partial charge on any atom is -0.495 e. The fourth-order valence-corrected chi connectivity index (χ4v) is 2.34. The minimum absolute atomic E-state index is 0.0428. The number of halogens is 1. The van der Waals surface area contributed by atoms with E-state index >= 15 is 0 Å². The molecule has 0 heterocycles. The maximum absolute atomic E-state index is 12.0. The summed E-state index contributed by atoms with van der Waals surface area (Å²) in [6.07, 6.45) is 0. The summed E-state index contributed by atoms with van der Waals surface area (Å²) >= 11 is 3.41. The van der Waals surface area contributed by atoms with Crippen LogP contribution in [0.3, 0.4) is 0 Å². The molecule has 0 unspecified atom stereocenters. The molecule has 1 aromatic carbocycles. The van der Waals surface area contributed by atoms with Crippen molar-refractivity contribution in [1.82, 2.24) is 5.32 Å². The summed E-state index contributed by atoms with van der Waals surface area (Å²) in [4.78, 5) is 12.0. The zero-order chi connectivity index (χ0) is 12.3. The lowest BCUT2D eigenvalue weighted by molar-refractivity contribution is 0.0990. The van der Waals surface area contributed by atoms with E-state index in [-0.39, 0.29) is 5.78 Å². The molecule has 0 aromatic heterocycles. The van der Waals surface area contributed by atoms with Crippen LogP contribution < -0.4 is 10.1 Å². The monoisotopic (exact) mass is 285 g/mol. The Labute approximate surface area is 104 Å². The summed E-state index contributed by atoms with van der Waals surface area (Å²) in [7, 11) is 3.33. The molecule has 0 aliphatic rings. The Morgan fingerprint density at radius 2 is 2.12 bits per heavy atom. The number of nitrogens with one attached hydrogen (secondary N) is 1. The molecule has 0 bridgehead atoms. The standard InChI is InChI=1S/C12H16BrNO2/c1-7-5-9(13)12(16-4)11(8(7)2)10(15)6-14-3/h5,14H,6H2,1-4H3. The number of hydrogen-bond acceptors (Lipinski definition) is 3. The predicted octanol–water partition coefficient (Wildman–Crippen LogP) is 2.48. The second kappa shape index (κ2) is 5.46. The summed E-state index contributed by atoms with van der Waals surface area (Å²) in [6.45, 7) is 4.23. The summed E-state index contributed by atoms with van der Waals surface area (Å²) in [5.74, 6) is 0.657. The first-order valence-corrected chi connectivity index (χ1v) is 5.83. The number of ketones is 1. The molecule has 0 aliphatic carbocycles. The Balaban J connectivity index is 3.38. The van der Waals surface area contributed by atoms with E-state index in [9.17, 15) is 4.79 Å². The molecule has 0 saturated heterocycles. The average Bonchev–Trinajstić information content (AvgIpc) is 2.23. The summed E-state index contributed by atoms with van der Waals surface area (Å²) in [6, 6.07) is 1.96. The molecular formula is C12H16BrNO2. The van der Waals surface area contributed by atoms with E-state index in [1.807, 2.05) is 19.9 Å². The minimum atomic E-state index is 0.0428. The van der Waals surface area contributed by atoms with Crippen LogP contribution in [0.4, 0.5) is 0 Å². The van der Waals surface area contributed by atoms with Crippen molar-refractivity contribution in [3.05, 3.63) is 27.2 Å². The van der Waals surface area contributed by atoms with Gasteiger partial charge in [-0.25, -0.2) is 0 Å². The number of carbonyl (C=O) groups excluding carboxylic acids is 1. The van der Waals surface area contributed by atoms with Gasteiger partial charge in [-0.15, -0.1) is 0 Å². The lowest BCUT2D eigenvalue weighted by Gasteiger charge is -2.14. The van der Waals surface area contributed by atoms with E-state index in [4.69, 9.17) is 4.74 Å². The van der Waals surface area contributed by atoms with Gasteiger partial charge < -0.3 is 10.1 Å².